The molecule has 2 aliphatic carbocycles. The van der Waals surface area contributed by atoms with Gasteiger partial charge in [0.25, 0.3) is 0 Å². The Labute approximate surface area is 80.7 Å². The highest BCUT2D eigenvalue weighted by molar-refractivity contribution is 5.11. The zero-order valence-electron chi connectivity index (χ0n) is 8.55. The number of nitrogens with one attached hydrogen (secondary N) is 1. The molecule has 0 aromatic carbocycles. The molecule has 0 bridgehead atoms. The van der Waals surface area contributed by atoms with Crippen LogP contribution in [0.15, 0.2) is 0 Å². The van der Waals surface area contributed by atoms with Crippen molar-refractivity contribution in [1.29, 1.82) is 0 Å². The molecule has 3 fully saturated rings. The van der Waals surface area contributed by atoms with Gasteiger partial charge in [0.2, 0.25) is 0 Å². The first-order chi connectivity index (χ1) is 6.30. The van der Waals surface area contributed by atoms with E-state index in [1.165, 1.54) is 45.4 Å². The summed E-state index contributed by atoms with van der Waals surface area (Å²) >= 11 is 0. The molecule has 1 heterocycles. The second kappa shape index (κ2) is 2.71. The Morgan fingerprint density at radius 2 is 1.77 bits per heavy atom. The third kappa shape index (κ3) is 1.23. The minimum Gasteiger partial charge on any atom is -0.314 e. The van der Waals surface area contributed by atoms with Crippen LogP contribution in [0, 0.1) is 11.3 Å². The normalized spacial score (nSPS) is 50.5. The number of rotatable bonds is 1. The second-order valence-corrected chi connectivity index (χ2v) is 5.32. The molecule has 3 rings (SSSR count). The smallest absolute Gasteiger partial charge is 0.0110 e. The zero-order valence-corrected chi connectivity index (χ0v) is 8.55. The summed E-state index contributed by atoms with van der Waals surface area (Å²) in [5, 5.41) is 3.42. The molecule has 2 saturated carbocycles. The van der Waals surface area contributed by atoms with Gasteiger partial charge in [-0.25, -0.2) is 0 Å². The molecule has 1 spiro atoms. The highest BCUT2D eigenvalue weighted by Gasteiger charge is 2.59. The predicted molar refractivity (Wildman–Crippen MR) is 53.7 cm³/mol. The largest absolute Gasteiger partial charge is 0.314 e. The lowest BCUT2D eigenvalue weighted by Crippen LogP contribution is -2.53. The fourth-order valence-corrected chi connectivity index (χ4v) is 3.30. The Balaban J connectivity index is 1.52. The van der Waals surface area contributed by atoms with Gasteiger partial charge in [-0.2, -0.15) is 0 Å². The Bertz CT molecular complexity index is 202. The van der Waals surface area contributed by atoms with Gasteiger partial charge in [0, 0.05) is 32.2 Å². The summed E-state index contributed by atoms with van der Waals surface area (Å²) < 4.78 is 0. The molecule has 0 aromatic heterocycles. The monoisotopic (exact) mass is 180 g/mol. The van der Waals surface area contributed by atoms with Gasteiger partial charge in [0.1, 0.15) is 0 Å². The van der Waals surface area contributed by atoms with Crippen molar-refractivity contribution in [3.8, 4) is 0 Å². The SMILES string of the molecule is CC1CC12CC(N1CCNCC1)C2. The van der Waals surface area contributed by atoms with Gasteiger partial charge in [-0.15, -0.1) is 0 Å². The van der Waals surface area contributed by atoms with E-state index in [4.69, 9.17) is 0 Å². The standard InChI is InChI=1S/C11H20N2/c1-9-6-11(9)7-10(8-11)13-4-2-12-3-5-13/h9-10,12H,2-8H2,1H3. The van der Waals surface area contributed by atoms with Crippen LogP contribution in [0.4, 0.5) is 0 Å². The van der Waals surface area contributed by atoms with E-state index < -0.39 is 0 Å². The molecular weight excluding hydrogens is 160 g/mol. The Morgan fingerprint density at radius 1 is 1.15 bits per heavy atom. The molecule has 1 unspecified atom stereocenters. The van der Waals surface area contributed by atoms with Crippen LogP contribution < -0.4 is 5.32 Å². The van der Waals surface area contributed by atoms with Crippen LogP contribution in [-0.4, -0.2) is 37.1 Å². The second-order valence-electron chi connectivity index (χ2n) is 5.32. The molecular formula is C11H20N2. The highest BCUT2D eigenvalue weighted by Crippen LogP contribution is 2.66. The lowest BCUT2D eigenvalue weighted by atomic mass is 9.74. The quantitative estimate of drug-likeness (QED) is 0.649. The first kappa shape index (κ1) is 8.25. The van der Waals surface area contributed by atoms with Gasteiger partial charge in [0.15, 0.2) is 0 Å². The average molecular weight is 180 g/mol. The van der Waals surface area contributed by atoms with Crippen molar-refractivity contribution < 1.29 is 0 Å². The fourth-order valence-electron chi connectivity index (χ4n) is 3.30. The minimum atomic E-state index is 0.843. The summed E-state index contributed by atoms with van der Waals surface area (Å²) in [6, 6.07) is 0.951. The third-order valence-corrected chi connectivity index (χ3v) is 4.55. The maximum absolute atomic E-state index is 3.42. The fraction of sp³-hybridized carbons (Fsp3) is 1.00. The number of nitrogens with zero attached hydrogens (tertiary/aromatic N) is 1. The molecule has 13 heavy (non-hydrogen) atoms. The van der Waals surface area contributed by atoms with Gasteiger partial charge < -0.3 is 5.32 Å². The molecule has 74 valence electrons. The summed E-state index contributed by atoms with van der Waals surface area (Å²) in [4.78, 5) is 2.70. The van der Waals surface area contributed by atoms with Crippen molar-refractivity contribution in [3.63, 3.8) is 0 Å². The molecule has 2 nitrogen and oxygen atoms in total. The number of piperazine rings is 1. The summed E-state index contributed by atoms with van der Waals surface area (Å²) in [5.74, 6) is 1.05. The maximum atomic E-state index is 3.42. The van der Waals surface area contributed by atoms with E-state index in [0.29, 0.717) is 0 Å². The molecule has 0 radical (unpaired) electrons. The Hall–Kier alpha value is -0.0800. The van der Waals surface area contributed by atoms with Crippen LogP contribution in [0.1, 0.15) is 26.2 Å². The molecule has 0 aromatic rings. The van der Waals surface area contributed by atoms with E-state index in [2.05, 4.69) is 17.1 Å². The van der Waals surface area contributed by atoms with Crippen molar-refractivity contribution in [2.45, 2.75) is 32.2 Å². The third-order valence-electron chi connectivity index (χ3n) is 4.55. The Kier molecular flexibility index (Phi) is 1.72. The predicted octanol–water partition coefficient (Wildman–Crippen LogP) is 1.08. The lowest BCUT2D eigenvalue weighted by Gasteiger charge is -2.46. The summed E-state index contributed by atoms with van der Waals surface area (Å²) in [6.07, 6.45) is 4.54. The van der Waals surface area contributed by atoms with E-state index >= 15 is 0 Å². The minimum absolute atomic E-state index is 0.843. The summed E-state index contributed by atoms with van der Waals surface area (Å²) in [5.41, 5.74) is 0.843. The molecule has 1 atom stereocenters. The van der Waals surface area contributed by atoms with Crippen LogP contribution in [0.3, 0.4) is 0 Å². The van der Waals surface area contributed by atoms with Gasteiger partial charge in [0.05, 0.1) is 0 Å². The van der Waals surface area contributed by atoms with Gasteiger partial charge in [-0.1, -0.05) is 6.92 Å². The van der Waals surface area contributed by atoms with Crippen molar-refractivity contribution in [3.05, 3.63) is 0 Å². The van der Waals surface area contributed by atoms with Crippen LogP contribution in [0.5, 0.6) is 0 Å². The topological polar surface area (TPSA) is 15.3 Å². The van der Waals surface area contributed by atoms with Crippen molar-refractivity contribution >= 4 is 0 Å². The maximum Gasteiger partial charge on any atom is 0.0110 e. The first-order valence-electron chi connectivity index (χ1n) is 5.75. The number of hydrogen-bond donors (Lipinski definition) is 1. The van der Waals surface area contributed by atoms with E-state index in [9.17, 15) is 0 Å². The van der Waals surface area contributed by atoms with Crippen LogP contribution in [0.25, 0.3) is 0 Å². The van der Waals surface area contributed by atoms with Crippen LogP contribution >= 0.6 is 0 Å². The van der Waals surface area contributed by atoms with Gasteiger partial charge in [-0.05, 0) is 30.6 Å². The Morgan fingerprint density at radius 3 is 2.31 bits per heavy atom. The highest BCUT2D eigenvalue weighted by atomic mass is 15.2. The molecule has 1 aliphatic heterocycles. The molecule has 3 aliphatic rings. The first-order valence-corrected chi connectivity index (χ1v) is 5.75. The summed E-state index contributed by atoms with van der Waals surface area (Å²) in [7, 11) is 0. The van der Waals surface area contributed by atoms with E-state index in [0.717, 1.165) is 17.4 Å². The zero-order chi connectivity index (χ0) is 8.89. The van der Waals surface area contributed by atoms with Crippen molar-refractivity contribution in [1.82, 2.24) is 10.2 Å². The molecule has 2 heteroatoms. The lowest BCUT2D eigenvalue weighted by molar-refractivity contribution is 0.0481. The molecule has 0 amide bonds. The van der Waals surface area contributed by atoms with Crippen molar-refractivity contribution in [2.75, 3.05) is 26.2 Å². The van der Waals surface area contributed by atoms with Crippen molar-refractivity contribution in [2.24, 2.45) is 11.3 Å². The van der Waals surface area contributed by atoms with Gasteiger partial charge >= 0.3 is 0 Å². The van der Waals surface area contributed by atoms with E-state index in [1.54, 1.807) is 0 Å². The molecule has 1 saturated heterocycles. The molecule has 1 N–H and O–H groups in total. The van der Waals surface area contributed by atoms with E-state index in [1.807, 2.05) is 0 Å². The average Bonchev–Trinajstić information content (AvgIpc) is 2.76. The van der Waals surface area contributed by atoms with E-state index in [-0.39, 0.29) is 0 Å². The summed E-state index contributed by atoms with van der Waals surface area (Å²) in [6.45, 7) is 7.41. The van der Waals surface area contributed by atoms with Crippen LogP contribution in [-0.2, 0) is 0 Å². The number of hydrogen-bond acceptors (Lipinski definition) is 2. The van der Waals surface area contributed by atoms with Gasteiger partial charge in [-0.3, -0.25) is 4.90 Å². The van der Waals surface area contributed by atoms with Crippen LogP contribution in [0.2, 0.25) is 0 Å².